The molecule has 0 atom stereocenters. The van der Waals surface area contributed by atoms with Gasteiger partial charge < -0.3 is 10.1 Å². The van der Waals surface area contributed by atoms with Crippen LogP contribution in [0.25, 0.3) is 0 Å². The third-order valence-corrected chi connectivity index (χ3v) is 5.68. The van der Waals surface area contributed by atoms with Crippen molar-refractivity contribution in [2.24, 2.45) is 0 Å². The Labute approximate surface area is 189 Å². The third-order valence-electron chi connectivity index (χ3n) is 5.68. The summed E-state index contributed by atoms with van der Waals surface area (Å²) in [5, 5.41) is 2.92. The maximum Gasteiger partial charge on any atom is 0.338 e. The lowest BCUT2D eigenvalue weighted by Crippen LogP contribution is -2.14. The zero-order valence-corrected chi connectivity index (χ0v) is 20.0. The van der Waals surface area contributed by atoms with E-state index in [0.29, 0.717) is 17.7 Å². The topological polar surface area (TPSA) is 55.4 Å². The molecule has 1 rings (SSSR count). The predicted octanol–water partition coefficient (Wildman–Crippen LogP) is 7.76. The number of esters is 1. The number of hydrogen-bond acceptors (Lipinski definition) is 3. The van der Waals surface area contributed by atoms with Gasteiger partial charge in [0.2, 0.25) is 5.91 Å². The molecule has 4 heteroatoms. The number of benzene rings is 1. The lowest BCUT2D eigenvalue weighted by molar-refractivity contribution is -0.116. The highest BCUT2D eigenvalue weighted by atomic mass is 16.5. The highest BCUT2D eigenvalue weighted by Crippen LogP contribution is 2.20. The first-order chi connectivity index (χ1) is 15.1. The van der Waals surface area contributed by atoms with Crippen LogP contribution in [0.5, 0.6) is 0 Å². The van der Waals surface area contributed by atoms with Crippen LogP contribution in [-0.4, -0.2) is 19.0 Å². The van der Waals surface area contributed by atoms with Crippen LogP contribution in [0.15, 0.2) is 30.4 Å². The summed E-state index contributed by atoms with van der Waals surface area (Å²) in [5.41, 5.74) is 1.91. The van der Waals surface area contributed by atoms with Crippen molar-refractivity contribution in [3.63, 3.8) is 0 Å². The average Bonchev–Trinajstić information content (AvgIpc) is 2.77. The lowest BCUT2D eigenvalue weighted by Gasteiger charge is -2.11. The number of hydrogen-bond donors (Lipinski definition) is 1. The second-order valence-corrected chi connectivity index (χ2v) is 8.35. The number of carbonyl (C=O) groups is 2. The molecular weight excluding hydrogens is 386 g/mol. The van der Waals surface area contributed by atoms with Gasteiger partial charge in [0.05, 0.1) is 12.7 Å². The van der Waals surface area contributed by atoms with Crippen molar-refractivity contribution in [3.05, 3.63) is 41.5 Å². The summed E-state index contributed by atoms with van der Waals surface area (Å²) in [6.07, 6.45) is 21.4. The maximum atomic E-state index is 12.2. The average molecular weight is 430 g/mol. The van der Waals surface area contributed by atoms with Crippen LogP contribution in [0.4, 0.5) is 5.69 Å². The normalized spacial score (nSPS) is 11.1. The molecule has 0 fully saturated rings. The monoisotopic (exact) mass is 429 g/mol. The fourth-order valence-electron chi connectivity index (χ4n) is 3.67. The SMILES string of the molecule is CCCCCCCC/C=C\CCCCCCCC(=O)Nc1cccc(C(=O)OC)c1C. The van der Waals surface area contributed by atoms with Gasteiger partial charge in [-0.1, -0.05) is 76.5 Å². The number of allylic oxidation sites excluding steroid dienone is 2. The number of unbranched alkanes of at least 4 members (excludes halogenated alkanes) is 11. The van der Waals surface area contributed by atoms with Gasteiger partial charge in [0.1, 0.15) is 0 Å². The van der Waals surface area contributed by atoms with E-state index < -0.39 is 0 Å². The summed E-state index contributed by atoms with van der Waals surface area (Å²) >= 11 is 0. The number of ether oxygens (including phenoxy) is 1. The first kappa shape index (κ1) is 26.9. The molecule has 0 radical (unpaired) electrons. The zero-order valence-electron chi connectivity index (χ0n) is 20.0. The van der Waals surface area contributed by atoms with E-state index in [2.05, 4.69) is 24.4 Å². The summed E-state index contributed by atoms with van der Waals surface area (Å²) in [7, 11) is 1.36. The van der Waals surface area contributed by atoms with Crippen molar-refractivity contribution >= 4 is 17.6 Å². The van der Waals surface area contributed by atoms with Crippen molar-refractivity contribution < 1.29 is 14.3 Å². The van der Waals surface area contributed by atoms with Crippen LogP contribution in [0, 0.1) is 6.92 Å². The molecule has 1 aromatic carbocycles. The van der Waals surface area contributed by atoms with Gasteiger partial charge in [0.25, 0.3) is 0 Å². The lowest BCUT2D eigenvalue weighted by atomic mass is 10.1. The van der Waals surface area contributed by atoms with Gasteiger partial charge in [-0.3, -0.25) is 4.79 Å². The van der Waals surface area contributed by atoms with Crippen molar-refractivity contribution in [1.29, 1.82) is 0 Å². The second-order valence-electron chi connectivity index (χ2n) is 8.35. The maximum absolute atomic E-state index is 12.2. The standard InChI is InChI=1S/C27H43NO3/c1-4-5-6-7-8-9-10-11-12-13-14-15-16-17-18-22-26(29)28-25-21-19-20-24(23(25)2)27(30)31-3/h11-12,19-21H,4-10,13-18,22H2,1-3H3,(H,28,29)/b12-11-. The predicted molar refractivity (Wildman–Crippen MR) is 131 cm³/mol. The minimum atomic E-state index is -0.383. The van der Waals surface area contributed by atoms with Gasteiger partial charge >= 0.3 is 5.97 Å². The summed E-state index contributed by atoms with van der Waals surface area (Å²) in [6.45, 7) is 4.08. The molecule has 0 aliphatic rings. The highest BCUT2D eigenvalue weighted by molar-refractivity contribution is 5.96. The Kier molecular flexibility index (Phi) is 15.3. The van der Waals surface area contributed by atoms with Crippen LogP contribution in [-0.2, 0) is 9.53 Å². The molecule has 1 aromatic rings. The van der Waals surface area contributed by atoms with Crippen molar-refractivity contribution in [3.8, 4) is 0 Å². The van der Waals surface area contributed by atoms with E-state index >= 15 is 0 Å². The Morgan fingerprint density at radius 2 is 1.45 bits per heavy atom. The molecular formula is C27H43NO3. The van der Waals surface area contributed by atoms with Crippen LogP contribution >= 0.6 is 0 Å². The molecule has 0 heterocycles. The number of rotatable bonds is 17. The van der Waals surface area contributed by atoms with Crippen molar-refractivity contribution in [1.82, 2.24) is 0 Å². The van der Waals surface area contributed by atoms with Crippen LogP contribution in [0.3, 0.4) is 0 Å². The van der Waals surface area contributed by atoms with E-state index in [-0.39, 0.29) is 11.9 Å². The van der Waals surface area contributed by atoms with Crippen LogP contribution in [0.1, 0.15) is 113 Å². The van der Waals surface area contributed by atoms with Gasteiger partial charge in [0, 0.05) is 12.1 Å². The van der Waals surface area contributed by atoms with Gasteiger partial charge in [-0.25, -0.2) is 4.79 Å². The molecule has 0 aliphatic heterocycles. The molecule has 1 amide bonds. The Bertz CT molecular complexity index is 666. The van der Waals surface area contributed by atoms with E-state index in [1.54, 1.807) is 12.1 Å². The van der Waals surface area contributed by atoms with E-state index in [0.717, 1.165) is 18.4 Å². The van der Waals surface area contributed by atoms with Gasteiger partial charge in [0.15, 0.2) is 0 Å². The minimum Gasteiger partial charge on any atom is -0.465 e. The molecule has 0 saturated carbocycles. The summed E-state index contributed by atoms with van der Waals surface area (Å²) in [6, 6.07) is 5.29. The number of carbonyl (C=O) groups excluding carboxylic acids is 2. The minimum absolute atomic E-state index is 0.00254. The molecule has 0 bridgehead atoms. The van der Waals surface area contributed by atoms with Crippen LogP contribution in [0.2, 0.25) is 0 Å². The van der Waals surface area contributed by atoms with Crippen molar-refractivity contribution in [2.75, 3.05) is 12.4 Å². The van der Waals surface area contributed by atoms with Gasteiger partial charge in [-0.05, 0) is 56.7 Å². The Morgan fingerprint density at radius 3 is 2.06 bits per heavy atom. The zero-order chi connectivity index (χ0) is 22.7. The van der Waals surface area contributed by atoms with E-state index in [1.807, 2.05) is 13.0 Å². The summed E-state index contributed by atoms with van der Waals surface area (Å²) in [5.74, 6) is -0.381. The molecule has 0 aromatic heterocycles. The largest absolute Gasteiger partial charge is 0.465 e. The molecule has 0 aliphatic carbocycles. The smallest absolute Gasteiger partial charge is 0.338 e. The molecule has 174 valence electrons. The first-order valence-corrected chi connectivity index (χ1v) is 12.2. The Balaban J connectivity index is 2.05. The number of nitrogens with one attached hydrogen (secondary N) is 1. The number of anilines is 1. The third kappa shape index (κ3) is 12.4. The Hall–Kier alpha value is -2.10. The molecule has 0 unspecified atom stereocenters. The molecule has 0 spiro atoms. The Morgan fingerprint density at radius 1 is 0.871 bits per heavy atom. The number of amides is 1. The van der Waals surface area contributed by atoms with Gasteiger partial charge in [-0.2, -0.15) is 0 Å². The first-order valence-electron chi connectivity index (χ1n) is 12.2. The van der Waals surface area contributed by atoms with E-state index in [9.17, 15) is 9.59 Å². The summed E-state index contributed by atoms with van der Waals surface area (Å²) < 4.78 is 4.78. The molecule has 0 saturated heterocycles. The molecule has 4 nitrogen and oxygen atoms in total. The fraction of sp³-hybridized carbons (Fsp3) is 0.630. The van der Waals surface area contributed by atoms with E-state index in [4.69, 9.17) is 4.74 Å². The second kappa shape index (κ2) is 17.6. The van der Waals surface area contributed by atoms with E-state index in [1.165, 1.54) is 77.7 Å². The fourth-order valence-corrected chi connectivity index (χ4v) is 3.67. The highest BCUT2D eigenvalue weighted by Gasteiger charge is 2.13. The molecule has 1 N–H and O–H groups in total. The summed E-state index contributed by atoms with van der Waals surface area (Å²) in [4.78, 5) is 24.0. The number of methoxy groups -OCH3 is 1. The quantitative estimate of drug-likeness (QED) is 0.156. The van der Waals surface area contributed by atoms with Crippen molar-refractivity contribution in [2.45, 2.75) is 104 Å². The molecule has 31 heavy (non-hydrogen) atoms. The van der Waals surface area contributed by atoms with Gasteiger partial charge in [-0.15, -0.1) is 0 Å². The van der Waals surface area contributed by atoms with Crippen LogP contribution < -0.4 is 5.32 Å².